The monoisotopic (exact) mass is 281 g/mol. The first-order valence-electron chi connectivity index (χ1n) is 5.26. The summed E-state index contributed by atoms with van der Waals surface area (Å²) in [5.74, 6) is -0.398. The molecule has 2 aromatic rings. The van der Waals surface area contributed by atoms with Gasteiger partial charge in [0.2, 0.25) is 0 Å². The van der Waals surface area contributed by atoms with Crippen LogP contribution in [0.4, 0.5) is 10.1 Å². The lowest BCUT2D eigenvalue weighted by molar-refractivity contribution is 0.624. The third kappa shape index (κ3) is 2.65. The first kappa shape index (κ1) is 12.9. The number of anilines is 1. The van der Waals surface area contributed by atoms with Crippen molar-refractivity contribution in [3.05, 3.63) is 46.2 Å². The fourth-order valence-electron chi connectivity index (χ4n) is 1.72. The lowest BCUT2D eigenvalue weighted by Crippen LogP contribution is -2.22. The molecule has 0 atom stereocenters. The van der Waals surface area contributed by atoms with Gasteiger partial charge in [0.15, 0.2) is 0 Å². The lowest BCUT2D eigenvalue weighted by Gasteiger charge is -2.21. The Bertz CT molecular complexity index is 554. The summed E-state index contributed by atoms with van der Waals surface area (Å²) >= 11 is 6.43. The third-order valence-corrected chi connectivity index (χ3v) is 3.37. The van der Waals surface area contributed by atoms with Gasteiger partial charge < -0.3 is 10.6 Å². The molecule has 0 unspecified atom stereocenters. The van der Waals surface area contributed by atoms with Crippen LogP contribution in [0.25, 0.3) is 0 Å². The minimum Gasteiger partial charge on any atom is -0.389 e. The zero-order valence-corrected chi connectivity index (χ0v) is 11.4. The van der Waals surface area contributed by atoms with E-state index in [2.05, 4.69) is 4.98 Å². The van der Waals surface area contributed by atoms with E-state index in [0.29, 0.717) is 12.2 Å². The van der Waals surface area contributed by atoms with Crippen molar-refractivity contribution in [2.24, 2.45) is 5.73 Å². The van der Waals surface area contributed by atoms with Gasteiger partial charge >= 0.3 is 0 Å². The van der Waals surface area contributed by atoms with E-state index >= 15 is 0 Å². The second-order valence-corrected chi connectivity index (χ2v) is 4.99. The molecule has 0 saturated heterocycles. The summed E-state index contributed by atoms with van der Waals surface area (Å²) in [4.78, 5) is 6.14. The number of rotatable bonds is 4. The number of thiazole rings is 1. The molecule has 0 fully saturated rings. The molecule has 1 aromatic carbocycles. The van der Waals surface area contributed by atoms with E-state index < -0.39 is 5.82 Å². The first-order valence-corrected chi connectivity index (χ1v) is 6.61. The van der Waals surface area contributed by atoms with E-state index in [-0.39, 0.29) is 10.6 Å². The largest absolute Gasteiger partial charge is 0.389 e. The molecule has 0 aliphatic rings. The van der Waals surface area contributed by atoms with Crippen molar-refractivity contribution >= 4 is 34.2 Å². The number of hydrogen-bond acceptors (Lipinski definition) is 4. The molecule has 6 heteroatoms. The molecule has 0 aliphatic carbocycles. The van der Waals surface area contributed by atoms with Crippen LogP contribution in [0.3, 0.4) is 0 Å². The summed E-state index contributed by atoms with van der Waals surface area (Å²) in [6, 6.07) is 4.79. The number of aromatic nitrogens is 1. The smallest absolute Gasteiger partial charge is 0.135 e. The SMILES string of the molecule is CN(Cc1cscn1)c1cccc(F)c1C(N)=S. The van der Waals surface area contributed by atoms with E-state index in [0.717, 1.165) is 5.69 Å². The highest BCUT2D eigenvalue weighted by Crippen LogP contribution is 2.23. The molecule has 3 nitrogen and oxygen atoms in total. The number of nitrogens with two attached hydrogens (primary N) is 1. The molecular formula is C12H12FN3S2. The predicted molar refractivity (Wildman–Crippen MR) is 76.5 cm³/mol. The Morgan fingerprint density at radius 1 is 1.56 bits per heavy atom. The summed E-state index contributed by atoms with van der Waals surface area (Å²) in [7, 11) is 1.86. The highest BCUT2D eigenvalue weighted by Gasteiger charge is 2.14. The van der Waals surface area contributed by atoms with Gasteiger partial charge in [0, 0.05) is 18.1 Å². The molecule has 94 valence electrons. The van der Waals surface area contributed by atoms with Gasteiger partial charge in [-0.25, -0.2) is 9.37 Å². The zero-order chi connectivity index (χ0) is 13.1. The number of hydrogen-bond donors (Lipinski definition) is 1. The van der Waals surface area contributed by atoms with Crippen molar-refractivity contribution in [3.63, 3.8) is 0 Å². The van der Waals surface area contributed by atoms with E-state index in [1.54, 1.807) is 17.6 Å². The van der Waals surface area contributed by atoms with Crippen LogP contribution >= 0.6 is 23.6 Å². The van der Waals surface area contributed by atoms with Crippen molar-refractivity contribution in [2.45, 2.75) is 6.54 Å². The van der Waals surface area contributed by atoms with Crippen molar-refractivity contribution in [2.75, 3.05) is 11.9 Å². The van der Waals surface area contributed by atoms with Gasteiger partial charge in [0.05, 0.1) is 23.3 Å². The van der Waals surface area contributed by atoms with Crippen LogP contribution in [0.15, 0.2) is 29.1 Å². The van der Waals surface area contributed by atoms with Gasteiger partial charge in [0.25, 0.3) is 0 Å². The fraction of sp³-hybridized carbons (Fsp3) is 0.167. The Labute approximate surface area is 114 Å². The predicted octanol–water partition coefficient (Wildman–Crippen LogP) is 2.55. The van der Waals surface area contributed by atoms with Gasteiger partial charge in [-0.2, -0.15) is 0 Å². The Morgan fingerprint density at radius 3 is 2.94 bits per heavy atom. The summed E-state index contributed by atoms with van der Waals surface area (Å²) in [6.45, 7) is 0.586. The van der Waals surface area contributed by atoms with Crippen LogP contribution in [-0.2, 0) is 6.54 Å². The molecule has 0 amide bonds. The minimum absolute atomic E-state index is 0.0632. The molecule has 2 N–H and O–H groups in total. The second kappa shape index (κ2) is 5.41. The molecule has 2 rings (SSSR count). The number of nitrogens with zero attached hydrogens (tertiary/aromatic N) is 2. The molecule has 0 saturated carbocycles. The molecule has 1 heterocycles. The topological polar surface area (TPSA) is 42.2 Å². The molecule has 18 heavy (non-hydrogen) atoms. The van der Waals surface area contributed by atoms with Crippen molar-refractivity contribution in [1.82, 2.24) is 4.98 Å². The van der Waals surface area contributed by atoms with E-state index in [1.165, 1.54) is 17.4 Å². The molecule has 0 aliphatic heterocycles. The average molecular weight is 281 g/mol. The van der Waals surface area contributed by atoms with Crippen molar-refractivity contribution in [1.29, 1.82) is 0 Å². The van der Waals surface area contributed by atoms with Crippen LogP contribution < -0.4 is 10.6 Å². The molecule has 1 aromatic heterocycles. The number of thiocarbonyl (C=S) groups is 1. The maximum Gasteiger partial charge on any atom is 0.135 e. The average Bonchev–Trinajstić information content (AvgIpc) is 2.80. The second-order valence-electron chi connectivity index (χ2n) is 3.83. The Kier molecular flexibility index (Phi) is 3.88. The fourth-order valence-corrected chi connectivity index (χ4v) is 2.47. The molecule has 0 radical (unpaired) electrons. The summed E-state index contributed by atoms with van der Waals surface area (Å²) in [5, 5.41) is 1.95. The first-order chi connectivity index (χ1) is 8.59. The maximum absolute atomic E-state index is 13.7. The van der Waals surface area contributed by atoms with E-state index in [4.69, 9.17) is 18.0 Å². The van der Waals surface area contributed by atoms with Crippen molar-refractivity contribution < 1.29 is 4.39 Å². The quantitative estimate of drug-likeness (QED) is 0.875. The van der Waals surface area contributed by atoms with Gasteiger partial charge in [0.1, 0.15) is 10.8 Å². The van der Waals surface area contributed by atoms with E-state index in [1.807, 2.05) is 17.3 Å². The highest BCUT2D eigenvalue weighted by molar-refractivity contribution is 7.80. The van der Waals surface area contributed by atoms with Crippen LogP contribution in [0.5, 0.6) is 0 Å². The van der Waals surface area contributed by atoms with Crippen LogP contribution in [-0.4, -0.2) is 17.0 Å². The van der Waals surface area contributed by atoms with Crippen molar-refractivity contribution in [3.8, 4) is 0 Å². The minimum atomic E-state index is -0.398. The van der Waals surface area contributed by atoms with Crippen LogP contribution in [0, 0.1) is 5.82 Å². The Hall–Kier alpha value is -1.53. The summed E-state index contributed by atoms with van der Waals surface area (Å²) in [5.41, 5.74) is 9.24. The van der Waals surface area contributed by atoms with Crippen LogP contribution in [0.2, 0.25) is 0 Å². The van der Waals surface area contributed by atoms with Crippen LogP contribution in [0.1, 0.15) is 11.3 Å². The third-order valence-electron chi connectivity index (χ3n) is 2.53. The molecule has 0 spiro atoms. The Morgan fingerprint density at radius 2 is 2.33 bits per heavy atom. The Balaban J connectivity index is 2.32. The summed E-state index contributed by atoms with van der Waals surface area (Å²) < 4.78 is 13.7. The lowest BCUT2D eigenvalue weighted by atomic mass is 10.1. The number of benzene rings is 1. The van der Waals surface area contributed by atoms with Gasteiger partial charge in [-0.05, 0) is 12.1 Å². The zero-order valence-electron chi connectivity index (χ0n) is 9.76. The molecule has 0 bridgehead atoms. The normalized spacial score (nSPS) is 10.3. The summed E-state index contributed by atoms with van der Waals surface area (Å²) in [6.07, 6.45) is 0. The van der Waals surface area contributed by atoms with E-state index in [9.17, 15) is 4.39 Å². The molecular weight excluding hydrogens is 269 g/mol. The number of halogens is 1. The van der Waals surface area contributed by atoms with Gasteiger partial charge in [-0.15, -0.1) is 11.3 Å². The standard InChI is InChI=1S/C12H12FN3S2/c1-16(5-8-6-18-7-15-8)10-4-2-3-9(13)11(10)12(14)17/h2-4,6-7H,5H2,1H3,(H2,14,17). The van der Waals surface area contributed by atoms with Gasteiger partial charge in [-0.3, -0.25) is 0 Å². The maximum atomic E-state index is 13.7. The highest BCUT2D eigenvalue weighted by atomic mass is 32.1. The van der Waals surface area contributed by atoms with Gasteiger partial charge in [-0.1, -0.05) is 18.3 Å².